The van der Waals surface area contributed by atoms with Crippen LogP contribution in [-0.4, -0.2) is 21.5 Å². The maximum absolute atomic E-state index is 10.2. The van der Waals surface area contributed by atoms with Crippen molar-refractivity contribution in [2.75, 3.05) is 0 Å². The SMILES string of the molecule is O=CCc1nc(-c2cccc(O)c2)no1. The van der Waals surface area contributed by atoms with Gasteiger partial charge in [-0.3, -0.25) is 0 Å². The van der Waals surface area contributed by atoms with Crippen LogP contribution in [0.2, 0.25) is 0 Å². The Labute approximate surface area is 85.4 Å². The Morgan fingerprint density at radius 1 is 1.47 bits per heavy atom. The van der Waals surface area contributed by atoms with Crippen LogP contribution < -0.4 is 0 Å². The Kier molecular flexibility index (Phi) is 2.45. The summed E-state index contributed by atoms with van der Waals surface area (Å²) in [6, 6.07) is 6.50. The lowest BCUT2D eigenvalue weighted by molar-refractivity contribution is -0.107. The van der Waals surface area contributed by atoms with Crippen molar-refractivity contribution in [3.05, 3.63) is 30.2 Å². The molecule has 1 aromatic carbocycles. The predicted molar refractivity (Wildman–Crippen MR) is 51.2 cm³/mol. The van der Waals surface area contributed by atoms with Crippen LogP contribution in [-0.2, 0) is 11.2 Å². The van der Waals surface area contributed by atoms with Crippen molar-refractivity contribution >= 4 is 6.29 Å². The Hall–Kier alpha value is -2.17. The molecule has 1 N–H and O–H groups in total. The first kappa shape index (κ1) is 9.39. The molecule has 0 aliphatic carbocycles. The van der Waals surface area contributed by atoms with Crippen LogP contribution in [0.3, 0.4) is 0 Å². The van der Waals surface area contributed by atoms with Crippen LogP contribution in [0.4, 0.5) is 0 Å². The van der Waals surface area contributed by atoms with Gasteiger partial charge in [-0.1, -0.05) is 17.3 Å². The van der Waals surface area contributed by atoms with Crippen LogP contribution in [0.5, 0.6) is 5.75 Å². The third-order valence-electron chi connectivity index (χ3n) is 1.83. The van der Waals surface area contributed by atoms with Crippen LogP contribution >= 0.6 is 0 Å². The van der Waals surface area contributed by atoms with Crippen molar-refractivity contribution in [2.24, 2.45) is 0 Å². The minimum atomic E-state index is 0.103. The molecule has 0 saturated heterocycles. The van der Waals surface area contributed by atoms with Gasteiger partial charge in [-0.25, -0.2) is 0 Å². The molecule has 0 bridgehead atoms. The Morgan fingerprint density at radius 3 is 3.07 bits per heavy atom. The lowest BCUT2D eigenvalue weighted by Gasteiger charge is -1.94. The number of hydrogen-bond donors (Lipinski definition) is 1. The Morgan fingerprint density at radius 2 is 2.33 bits per heavy atom. The second kappa shape index (κ2) is 3.91. The van der Waals surface area contributed by atoms with Crippen LogP contribution in [0.25, 0.3) is 11.4 Å². The highest BCUT2D eigenvalue weighted by Crippen LogP contribution is 2.20. The molecule has 0 amide bonds. The van der Waals surface area contributed by atoms with E-state index in [1.165, 1.54) is 6.07 Å². The molecule has 0 spiro atoms. The minimum Gasteiger partial charge on any atom is -0.508 e. The monoisotopic (exact) mass is 204 g/mol. The highest BCUT2D eigenvalue weighted by molar-refractivity contribution is 5.57. The molecule has 0 atom stereocenters. The molecule has 5 nitrogen and oxygen atoms in total. The van der Waals surface area contributed by atoms with Crippen molar-refractivity contribution in [2.45, 2.75) is 6.42 Å². The first-order valence-electron chi connectivity index (χ1n) is 4.35. The van der Waals surface area contributed by atoms with E-state index in [9.17, 15) is 9.90 Å². The summed E-state index contributed by atoms with van der Waals surface area (Å²) in [5.41, 5.74) is 0.649. The molecule has 15 heavy (non-hydrogen) atoms. The van der Waals surface area contributed by atoms with E-state index in [0.717, 1.165) is 0 Å². The second-order valence-electron chi connectivity index (χ2n) is 2.93. The van der Waals surface area contributed by atoms with Crippen molar-refractivity contribution in [1.82, 2.24) is 10.1 Å². The molecular formula is C10H8N2O3. The summed E-state index contributed by atoms with van der Waals surface area (Å²) >= 11 is 0. The van der Waals surface area contributed by atoms with Crippen molar-refractivity contribution < 1.29 is 14.4 Å². The summed E-state index contributed by atoms with van der Waals surface area (Å²) < 4.78 is 4.83. The molecule has 2 rings (SSSR count). The smallest absolute Gasteiger partial charge is 0.234 e. The van der Waals surface area contributed by atoms with Crippen LogP contribution in [0.15, 0.2) is 28.8 Å². The molecule has 0 saturated carbocycles. The number of rotatable bonds is 3. The molecular weight excluding hydrogens is 196 g/mol. The molecule has 1 aromatic heterocycles. The quantitative estimate of drug-likeness (QED) is 0.760. The van der Waals surface area contributed by atoms with Gasteiger partial charge < -0.3 is 14.4 Å². The fourth-order valence-electron chi connectivity index (χ4n) is 1.17. The van der Waals surface area contributed by atoms with Gasteiger partial charge in [0.05, 0.1) is 6.42 Å². The topological polar surface area (TPSA) is 76.2 Å². The summed E-state index contributed by atoms with van der Waals surface area (Å²) in [7, 11) is 0. The van der Waals surface area contributed by atoms with E-state index in [1.807, 2.05) is 0 Å². The number of benzene rings is 1. The van der Waals surface area contributed by atoms with Crippen molar-refractivity contribution in [3.8, 4) is 17.1 Å². The van der Waals surface area contributed by atoms with Gasteiger partial charge in [0.1, 0.15) is 12.0 Å². The van der Waals surface area contributed by atoms with E-state index in [-0.39, 0.29) is 18.1 Å². The van der Waals surface area contributed by atoms with Crippen molar-refractivity contribution in [3.63, 3.8) is 0 Å². The zero-order valence-corrected chi connectivity index (χ0v) is 7.75. The minimum absolute atomic E-state index is 0.103. The second-order valence-corrected chi connectivity index (χ2v) is 2.93. The molecule has 0 unspecified atom stereocenters. The number of aromatic nitrogens is 2. The third-order valence-corrected chi connectivity index (χ3v) is 1.83. The van der Waals surface area contributed by atoms with Crippen LogP contribution in [0.1, 0.15) is 5.89 Å². The summed E-state index contributed by atoms with van der Waals surface area (Å²) in [6.07, 6.45) is 0.797. The maximum atomic E-state index is 10.2. The lowest BCUT2D eigenvalue weighted by atomic mass is 10.2. The van der Waals surface area contributed by atoms with Crippen molar-refractivity contribution in [1.29, 1.82) is 0 Å². The summed E-state index contributed by atoms with van der Waals surface area (Å²) in [5, 5.41) is 12.9. The highest BCUT2D eigenvalue weighted by Gasteiger charge is 2.07. The zero-order chi connectivity index (χ0) is 10.7. The van der Waals surface area contributed by atoms with E-state index in [4.69, 9.17) is 4.52 Å². The van der Waals surface area contributed by atoms with Gasteiger partial charge in [0.2, 0.25) is 11.7 Å². The average Bonchev–Trinajstić information content (AvgIpc) is 2.67. The van der Waals surface area contributed by atoms with Gasteiger partial charge in [0.15, 0.2) is 0 Å². The van der Waals surface area contributed by atoms with E-state index in [1.54, 1.807) is 18.2 Å². The molecule has 76 valence electrons. The molecule has 2 aromatic rings. The number of phenols is 1. The van der Waals surface area contributed by atoms with Gasteiger partial charge in [-0.15, -0.1) is 0 Å². The molecule has 1 heterocycles. The molecule has 5 heteroatoms. The van der Waals surface area contributed by atoms with Gasteiger partial charge in [0.25, 0.3) is 0 Å². The van der Waals surface area contributed by atoms with E-state index >= 15 is 0 Å². The zero-order valence-electron chi connectivity index (χ0n) is 7.75. The Balaban J connectivity index is 2.32. The van der Waals surface area contributed by atoms with Gasteiger partial charge in [-0.2, -0.15) is 4.98 Å². The number of carbonyl (C=O) groups is 1. The van der Waals surface area contributed by atoms with E-state index in [2.05, 4.69) is 10.1 Å². The standard InChI is InChI=1S/C10H8N2O3/c13-5-4-9-11-10(12-15-9)7-2-1-3-8(14)6-7/h1-3,5-6,14H,4H2. The first-order chi connectivity index (χ1) is 7.29. The Bertz CT molecular complexity index is 479. The predicted octanol–water partition coefficient (Wildman–Crippen LogP) is 1.18. The number of nitrogens with zero attached hydrogens (tertiary/aromatic N) is 2. The maximum Gasteiger partial charge on any atom is 0.234 e. The normalized spacial score (nSPS) is 10.1. The molecule has 0 aliphatic heterocycles. The fraction of sp³-hybridized carbons (Fsp3) is 0.100. The molecule has 0 radical (unpaired) electrons. The van der Waals surface area contributed by atoms with E-state index in [0.29, 0.717) is 17.7 Å². The number of hydrogen-bond acceptors (Lipinski definition) is 5. The summed E-state index contributed by atoms with van der Waals surface area (Å²) in [4.78, 5) is 14.2. The number of aromatic hydroxyl groups is 1. The molecule has 0 aliphatic rings. The van der Waals surface area contributed by atoms with E-state index < -0.39 is 0 Å². The fourth-order valence-corrected chi connectivity index (χ4v) is 1.17. The molecule has 0 fully saturated rings. The largest absolute Gasteiger partial charge is 0.508 e. The lowest BCUT2D eigenvalue weighted by Crippen LogP contribution is -1.85. The van der Waals surface area contributed by atoms with Crippen LogP contribution in [0, 0.1) is 0 Å². The van der Waals surface area contributed by atoms with Gasteiger partial charge in [-0.05, 0) is 12.1 Å². The average molecular weight is 204 g/mol. The number of aldehydes is 1. The van der Waals surface area contributed by atoms with Gasteiger partial charge in [0, 0.05) is 5.56 Å². The third kappa shape index (κ3) is 2.01. The summed E-state index contributed by atoms with van der Waals surface area (Å²) in [5.74, 6) is 0.764. The van der Waals surface area contributed by atoms with Gasteiger partial charge >= 0.3 is 0 Å². The first-order valence-corrected chi connectivity index (χ1v) is 4.35. The summed E-state index contributed by atoms with van der Waals surface area (Å²) in [6.45, 7) is 0. The number of phenolic OH excluding ortho intramolecular Hbond substituents is 1. The number of carbonyl (C=O) groups excluding carboxylic acids is 1. The highest BCUT2D eigenvalue weighted by atomic mass is 16.5.